The van der Waals surface area contributed by atoms with Gasteiger partial charge in [-0.1, -0.05) is 13.2 Å². The van der Waals surface area contributed by atoms with E-state index in [9.17, 15) is 0 Å². The van der Waals surface area contributed by atoms with Gasteiger partial charge in [0.1, 0.15) is 0 Å². The molecule has 0 spiro atoms. The lowest BCUT2D eigenvalue weighted by Crippen LogP contribution is -2.61. The second-order valence-electron chi connectivity index (χ2n) is 6.52. The third kappa shape index (κ3) is 3.24. The Bertz CT molecular complexity index is 338. The van der Waals surface area contributed by atoms with E-state index < -0.39 is 0 Å². The van der Waals surface area contributed by atoms with Gasteiger partial charge in [0.2, 0.25) is 0 Å². The SMILES string of the molecule is C=COCOC12CC3CC(C1)CC(OCOC=C)(C3)C2.F. The van der Waals surface area contributed by atoms with Crippen molar-refractivity contribution in [3.05, 3.63) is 25.7 Å². The normalized spacial score (nSPS) is 39.4. The summed E-state index contributed by atoms with van der Waals surface area (Å²) >= 11 is 0. The maximum atomic E-state index is 6.08. The highest BCUT2D eigenvalue weighted by molar-refractivity contribution is 5.10. The summed E-state index contributed by atoms with van der Waals surface area (Å²) in [5.41, 5.74) is -0.136. The molecule has 5 heteroatoms. The molecule has 0 amide bonds. The number of ether oxygens (including phenoxy) is 4. The summed E-state index contributed by atoms with van der Waals surface area (Å²) in [5.74, 6) is 1.42. The van der Waals surface area contributed by atoms with Crippen molar-refractivity contribution in [2.75, 3.05) is 13.6 Å². The molecule has 0 unspecified atom stereocenters. The van der Waals surface area contributed by atoms with E-state index in [-0.39, 0.29) is 15.9 Å². The van der Waals surface area contributed by atoms with Crippen molar-refractivity contribution in [2.24, 2.45) is 11.8 Å². The van der Waals surface area contributed by atoms with Crippen LogP contribution in [-0.2, 0) is 18.9 Å². The highest BCUT2D eigenvalue weighted by atomic mass is 19.0. The third-order valence-electron chi connectivity index (χ3n) is 5.06. The standard InChI is InChI=1S/C16H24O4.FH/c1-3-17-11-19-15-6-13-5-14(7-15)9-16(8-13,10-15)20-12-18-4-2;/h3-4,13-14H,1-2,5-12H2;1H. The van der Waals surface area contributed by atoms with Crippen molar-refractivity contribution in [3.8, 4) is 0 Å². The minimum atomic E-state index is -0.0682. The predicted molar refractivity (Wildman–Crippen MR) is 77.1 cm³/mol. The minimum Gasteiger partial charge on any atom is -0.476 e. The molecule has 4 nitrogen and oxygen atoms in total. The summed E-state index contributed by atoms with van der Waals surface area (Å²) in [4.78, 5) is 0. The molecule has 4 saturated carbocycles. The molecule has 4 fully saturated rings. The summed E-state index contributed by atoms with van der Waals surface area (Å²) in [7, 11) is 0. The zero-order valence-corrected chi connectivity index (χ0v) is 12.4. The predicted octanol–water partition coefficient (Wildman–Crippen LogP) is 3.50. The molecule has 4 rings (SSSR count). The molecule has 120 valence electrons. The van der Waals surface area contributed by atoms with Crippen LogP contribution in [0.4, 0.5) is 4.70 Å². The van der Waals surface area contributed by atoms with Gasteiger partial charge < -0.3 is 18.9 Å². The number of halogens is 1. The summed E-state index contributed by atoms with van der Waals surface area (Å²) in [6.07, 6.45) is 9.69. The maximum absolute atomic E-state index is 6.08. The summed E-state index contributed by atoms with van der Waals surface area (Å²) in [5, 5.41) is 0. The van der Waals surface area contributed by atoms with Crippen LogP contribution in [0.15, 0.2) is 25.7 Å². The van der Waals surface area contributed by atoms with Crippen molar-refractivity contribution in [1.82, 2.24) is 0 Å². The lowest BCUT2D eigenvalue weighted by molar-refractivity contribution is -0.266. The molecule has 4 aliphatic carbocycles. The lowest BCUT2D eigenvalue weighted by atomic mass is 9.52. The Morgan fingerprint density at radius 1 is 0.857 bits per heavy atom. The van der Waals surface area contributed by atoms with E-state index in [1.165, 1.54) is 18.9 Å². The van der Waals surface area contributed by atoms with Crippen LogP contribution >= 0.6 is 0 Å². The van der Waals surface area contributed by atoms with Crippen LogP contribution in [-0.4, -0.2) is 24.8 Å². The summed E-state index contributed by atoms with van der Waals surface area (Å²) in [6, 6.07) is 0. The highest BCUT2D eigenvalue weighted by Crippen LogP contribution is 2.60. The molecule has 0 aromatic rings. The van der Waals surface area contributed by atoms with Gasteiger partial charge in [-0.2, -0.15) is 0 Å². The fourth-order valence-corrected chi connectivity index (χ4v) is 4.85. The maximum Gasteiger partial charge on any atom is 0.188 e. The fraction of sp³-hybridized carbons (Fsp3) is 0.750. The van der Waals surface area contributed by atoms with Crippen LogP contribution in [0.3, 0.4) is 0 Å². The number of rotatable bonds is 8. The molecule has 0 atom stereocenters. The first-order valence-corrected chi connectivity index (χ1v) is 7.42. The van der Waals surface area contributed by atoms with E-state index in [1.807, 2.05) is 0 Å². The number of hydrogen-bond acceptors (Lipinski definition) is 4. The molecule has 0 radical (unpaired) electrons. The monoisotopic (exact) mass is 300 g/mol. The third-order valence-corrected chi connectivity index (χ3v) is 5.06. The van der Waals surface area contributed by atoms with Gasteiger partial charge in [0.15, 0.2) is 13.6 Å². The molecule has 0 N–H and O–H groups in total. The second-order valence-corrected chi connectivity index (χ2v) is 6.52. The van der Waals surface area contributed by atoms with Crippen LogP contribution in [0.2, 0.25) is 0 Å². The summed E-state index contributed by atoms with van der Waals surface area (Å²) in [6.45, 7) is 7.70. The Kier molecular flexibility index (Phi) is 4.94. The Morgan fingerprint density at radius 2 is 1.29 bits per heavy atom. The van der Waals surface area contributed by atoms with Crippen LogP contribution in [0.5, 0.6) is 0 Å². The molecular weight excluding hydrogens is 275 g/mol. The van der Waals surface area contributed by atoms with E-state index in [0.717, 1.165) is 32.1 Å². The Morgan fingerprint density at radius 3 is 1.67 bits per heavy atom. The smallest absolute Gasteiger partial charge is 0.188 e. The van der Waals surface area contributed by atoms with Crippen LogP contribution in [0.1, 0.15) is 38.5 Å². The zero-order valence-electron chi connectivity index (χ0n) is 12.4. The van der Waals surface area contributed by atoms with Gasteiger partial charge in [0, 0.05) is 6.42 Å². The van der Waals surface area contributed by atoms with Gasteiger partial charge in [-0.25, -0.2) is 0 Å². The molecule has 0 aromatic heterocycles. The van der Waals surface area contributed by atoms with Crippen molar-refractivity contribution in [2.45, 2.75) is 49.7 Å². The average molecular weight is 300 g/mol. The van der Waals surface area contributed by atoms with E-state index >= 15 is 0 Å². The fourth-order valence-electron chi connectivity index (χ4n) is 4.85. The van der Waals surface area contributed by atoms with Gasteiger partial charge >= 0.3 is 0 Å². The van der Waals surface area contributed by atoms with E-state index in [4.69, 9.17) is 18.9 Å². The Labute approximate surface area is 125 Å². The second kappa shape index (κ2) is 6.36. The van der Waals surface area contributed by atoms with E-state index in [2.05, 4.69) is 13.2 Å². The van der Waals surface area contributed by atoms with Crippen molar-refractivity contribution in [1.29, 1.82) is 0 Å². The zero-order chi connectivity index (χ0) is 14.1. The van der Waals surface area contributed by atoms with Crippen LogP contribution in [0, 0.1) is 11.8 Å². The van der Waals surface area contributed by atoms with Gasteiger partial charge in [-0.15, -0.1) is 0 Å². The molecule has 0 aromatic carbocycles. The molecular formula is C16H25FO4. The first kappa shape index (κ1) is 16.3. The summed E-state index contributed by atoms with van der Waals surface area (Å²) < 4.78 is 22.5. The molecule has 4 aliphatic rings. The van der Waals surface area contributed by atoms with E-state index in [0.29, 0.717) is 25.4 Å². The quantitative estimate of drug-likeness (QED) is 0.390. The molecule has 4 bridgehead atoms. The molecule has 21 heavy (non-hydrogen) atoms. The van der Waals surface area contributed by atoms with E-state index in [1.54, 1.807) is 0 Å². The average Bonchev–Trinajstić information content (AvgIpc) is 2.37. The molecule has 0 aliphatic heterocycles. The van der Waals surface area contributed by atoms with Gasteiger partial charge in [-0.3, -0.25) is 4.70 Å². The van der Waals surface area contributed by atoms with Gasteiger partial charge in [0.05, 0.1) is 23.7 Å². The molecule has 0 saturated heterocycles. The van der Waals surface area contributed by atoms with Crippen LogP contribution in [0.25, 0.3) is 0 Å². The largest absolute Gasteiger partial charge is 0.476 e. The Balaban J connectivity index is 0.00000161. The van der Waals surface area contributed by atoms with Crippen molar-refractivity contribution >= 4 is 0 Å². The van der Waals surface area contributed by atoms with Gasteiger partial charge in [-0.05, 0) is 43.9 Å². The molecule has 0 heterocycles. The minimum absolute atomic E-state index is 0. The van der Waals surface area contributed by atoms with Crippen LogP contribution < -0.4 is 0 Å². The Hall–Kier alpha value is -1.07. The van der Waals surface area contributed by atoms with Crippen molar-refractivity contribution < 1.29 is 23.7 Å². The van der Waals surface area contributed by atoms with Gasteiger partial charge in [0.25, 0.3) is 0 Å². The van der Waals surface area contributed by atoms with Crippen molar-refractivity contribution in [3.63, 3.8) is 0 Å². The first-order valence-electron chi connectivity index (χ1n) is 7.42. The lowest BCUT2D eigenvalue weighted by Gasteiger charge is -2.60. The highest BCUT2D eigenvalue weighted by Gasteiger charge is 2.59. The topological polar surface area (TPSA) is 36.9 Å². The first-order chi connectivity index (χ1) is 9.69. The number of hydrogen-bond donors (Lipinski definition) is 0.